The van der Waals surface area contributed by atoms with Crippen LogP contribution in [0.5, 0.6) is 0 Å². The molecule has 1 unspecified atom stereocenters. The van der Waals surface area contributed by atoms with E-state index in [-0.39, 0.29) is 24.2 Å². The number of hydrogen-bond acceptors (Lipinski definition) is 4. The summed E-state index contributed by atoms with van der Waals surface area (Å²) < 4.78 is 36.1. The predicted molar refractivity (Wildman–Crippen MR) is 66.6 cm³/mol. The van der Waals surface area contributed by atoms with E-state index in [1.54, 1.807) is 0 Å². The third-order valence-electron chi connectivity index (χ3n) is 2.85. The molecule has 1 aromatic rings. The molecule has 0 radical (unpaired) electrons. The van der Waals surface area contributed by atoms with Gasteiger partial charge in [0.15, 0.2) is 0 Å². The standard InChI is InChI=1S/C11H8ClFN2O3S/c12-19(17,18)8-4-11(16)15(6-8)10-3-7(5-14)1-2-9(10)13/h1-3,8H,4,6H2. The summed E-state index contributed by atoms with van der Waals surface area (Å²) in [4.78, 5) is 12.7. The van der Waals surface area contributed by atoms with Crippen LogP contribution >= 0.6 is 10.7 Å². The van der Waals surface area contributed by atoms with E-state index in [4.69, 9.17) is 15.9 Å². The minimum absolute atomic E-state index is 0.105. The zero-order valence-corrected chi connectivity index (χ0v) is 11.1. The fourth-order valence-corrected chi connectivity index (χ4v) is 2.91. The summed E-state index contributed by atoms with van der Waals surface area (Å²) in [5, 5.41) is 7.69. The van der Waals surface area contributed by atoms with Crippen LogP contribution in [-0.2, 0) is 13.8 Å². The van der Waals surface area contributed by atoms with Crippen LogP contribution in [0.15, 0.2) is 18.2 Å². The lowest BCUT2D eigenvalue weighted by atomic mass is 10.2. The second-order valence-corrected chi connectivity index (χ2v) is 6.99. The molecular weight excluding hydrogens is 295 g/mol. The molecule has 1 aliphatic rings. The minimum Gasteiger partial charge on any atom is -0.308 e. The quantitative estimate of drug-likeness (QED) is 0.773. The Morgan fingerprint density at radius 1 is 1.47 bits per heavy atom. The van der Waals surface area contributed by atoms with E-state index in [1.807, 2.05) is 6.07 Å². The van der Waals surface area contributed by atoms with E-state index in [9.17, 15) is 17.6 Å². The zero-order chi connectivity index (χ0) is 14.2. The molecule has 0 spiro atoms. The van der Waals surface area contributed by atoms with Crippen LogP contribution in [0, 0.1) is 17.1 Å². The Balaban J connectivity index is 2.39. The van der Waals surface area contributed by atoms with Gasteiger partial charge < -0.3 is 4.90 Å². The van der Waals surface area contributed by atoms with Crippen molar-refractivity contribution in [1.29, 1.82) is 5.26 Å². The molecule has 0 aliphatic carbocycles. The molecule has 0 aromatic heterocycles. The van der Waals surface area contributed by atoms with E-state index in [0.717, 1.165) is 11.0 Å². The highest BCUT2D eigenvalue weighted by atomic mass is 35.7. The van der Waals surface area contributed by atoms with Crippen LogP contribution in [0.1, 0.15) is 12.0 Å². The molecule has 1 atom stereocenters. The van der Waals surface area contributed by atoms with Gasteiger partial charge in [0.2, 0.25) is 15.0 Å². The van der Waals surface area contributed by atoms with E-state index in [1.165, 1.54) is 12.1 Å². The lowest BCUT2D eigenvalue weighted by Gasteiger charge is -2.17. The van der Waals surface area contributed by atoms with Gasteiger partial charge >= 0.3 is 0 Å². The van der Waals surface area contributed by atoms with Crippen LogP contribution in [0.2, 0.25) is 0 Å². The van der Waals surface area contributed by atoms with E-state index in [0.29, 0.717) is 0 Å². The lowest BCUT2D eigenvalue weighted by molar-refractivity contribution is -0.117. The average Bonchev–Trinajstić information content (AvgIpc) is 2.72. The highest BCUT2D eigenvalue weighted by molar-refractivity contribution is 8.14. The Morgan fingerprint density at radius 2 is 2.16 bits per heavy atom. The van der Waals surface area contributed by atoms with Crippen LogP contribution in [0.3, 0.4) is 0 Å². The summed E-state index contributed by atoms with van der Waals surface area (Å²) in [7, 11) is 1.32. The number of carbonyl (C=O) groups excluding carboxylic acids is 1. The normalized spacial score (nSPS) is 19.5. The molecule has 1 fully saturated rings. The molecular formula is C11H8ClFN2O3S. The van der Waals surface area contributed by atoms with Crippen LogP contribution in [0.25, 0.3) is 0 Å². The summed E-state index contributed by atoms with van der Waals surface area (Å²) in [6.07, 6.45) is -0.290. The maximum absolute atomic E-state index is 13.7. The van der Waals surface area contributed by atoms with Gasteiger partial charge in [0.25, 0.3) is 0 Å². The third-order valence-corrected chi connectivity index (χ3v) is 4.72. The second kappa shape index (κ2) is 4.79. The maximum atomic E-state index is 13.7. The first-order valence-corrected chi connectivity index (χ1v) is 7.63. The van der Waals surface area contributed by atoms with Crippen molar-refractivity contribution in [3.05, 3.63) is 29.6 Å². The van der Waals surface area contributed by atoms with E-state index < -0.39 is 26.0 Å². The van der Waals surface area contributed by atoms with Crippen LogP contribution in [-0.4, -0.2) is 26.1 Å². The van der Waals surface area contributed by atoms with Crippen molar-refractivity contribution in [3.63, 3.8) is 0 Å². The molecule has 8 heteroatoms. The van der Waals surface area contributed by atoms with E-state index >= 15 is 0 Å². The Kier molecular flexibility index (Phi) is 3.47. The highest BCUT2D eigenvalue weighted by Crippen LogP contribution is 2.29. The molecule has 1 aliphatic heterocycles. The second-order valence-electron chi connectivity index (χ2n) is 4.08. The molecule has 0 saturated carbocycles. The minimum atomic E-state index is -3.88. The van der Waals surface area contributed by atoms with Crippen molar-refractivity contribution < 1.29 is 17.6 Å². The summed E-state index contributed by atoms with van der Waals surface area (Å²) in [5.74, 6) is -1.23. The number of hydrogen-bond donors (Lipinski definition) is 0. The lowest BCUT2D eigenvalue weighted by Crippen LogP contribution is -2.27. The monoisotopic (exact) mass is 302 g/mol. The van der Waals surface area contributed by atoms with Gasteiger partial charge in [-0.2, -0.15) is 5.26 Å². The smallest absolute Gasteiger partial charge is 0.237 e. The Morgan fingerprint density at radius 3 is 2.68 bits per heavy atom. The number of carbonyl (C=O) groups is 1. The fraction of sp³-hybridized carbons (Fsp3) is 0.273. The number of nitriles is 1. The van der Waals surface area contributed by atoms with Crippen molar-refractivity contribution in [3.8, 4) is 6.07 Å². The van der Waals surface area contributed by atoms with Crippen LogP contribution < -0.4 is 4.90 Å². The van der Waals surface area contributed by atoms with Gasteiger partial charge in [-0.1, -0.05) is 0 Å². The molecule has 19 heavy (non-hydrogen) atoms. The Labute approximate surface area is 113 Å². The molecule has 0 N–H and O–H groups in total. The molecule has 1 amide bonds. The van der Waals surface area contributed by atoms with Crippen molar-refractivity contribution in [1.82, 2.24) is 0 Å². The molecule has 2 rings (SSSR count). The average molecular weight is 303 g/mol. The van der Waals surface area contributed by atoms with Crippen molar-refractivity contribution in [2.75, 3.05) is 11.4 Å². The Hall–Kier alpha value is -1.65. The van der Waals surface area contributed by atoms with Crippen molar-refractivity contribution in [2.24, 2.45) is 0 Å². The number of halogens is 2. The SMILES string of the molecule is N#Cc1ccc(F)c(N2CC(S(=O)(=O)Cl)CC2=O)c1. The number of benzene rings is 1. The largest absolute Gasteiger partial charge is 0.308 e. The fourth-order valence-electron chi connectivity index (χ4n) is 1.89. The first kappa shape index (κ1) is 13.8. The number of rotatable bonds is 2. The van der Waals surface area contributed by atoms with E-state index in [2.05, 4.69) is 0 Å². The first-order valence-electron chi connectivity index (χ1n) is 5.26. The number of amides is 1. The summed E-state index contributed by atoms with van der Waals surface area (Å²) in [6.45, 7) is -0.212. The van der Waals surface area contributed by atoms with Gasteiger partial charge in [0.1, 0.15) is 11.1 Å². The first-order chi connectivity index (χ1) is 8.82. The molecule has 5 nitrogen and oxygen atoms in total. The summed E-state index contributed by atoms with van der Waals surface area (Å²) >= 11 is 0. The molecule has 0 bridgehead atoms. The molecule has 1 aromatic carbocycles. The topological polar surface area (TPSA) is 78.2 Å². The molecule has 1 saturated heterocycles. The van der Waals surface area contributed by atoms with Crippen LogP contribution in [0.4, 0.5) is 10.1 Å². The number of nitrogens with zero attached hydrogens (tertiary/aromatic N) is 2. The maximum Gasteiger partial charge on any atom is 0.237 e. The molecule has 100 valence electrons. The van der Waals surface area contributed by atoms with Crippen molar-refractivity contribution >= 4 is 31.3 Å². The van der Waals surface area contributed by atoms with Gasteiger partial charge in [-0.25, -0.2) is 12.8 Å². The van der Waals surface area contributed by atoms with Gasteiger partial charge in [-0.3, -0.25) is 4.79 Å². The predicted octanol–water partition coefficient (Wildman–Crippen LogP) is 1.37. The van der Waals surface area contributed by atoms with Gasteiger partial charge in [0.05, 0.1) is 17.3 Å². The van der Waals surface area contributed by atoms with Crippen molar-refractivity contribution in [2.45, 2.75) is 11.7 Å². The molecule has 1 heterocycles. The Bertz CT molecular complexity index is 684. The van der Waals surface area contributed by atoms with Gasteiger partial charge in [-0.05, 0) is 18.2 Å². The third kappa shape index (κ3) is 2.69. The van der Waals surface area contributed by atoms with Gasteiger partial charge in [0, 0.05) is 23.6 Å². The summed E-state index contributed by atoms with van der Waals surface area (Å²) in [5.41, 5.74) is 0.0771. The number of anilines is 1. The van der Waals surface area contributed by atoms with Gasteiger partial charge in [-0.15, -0.1) is 0 Å². The zero-order valence-electron chi connectivity index (χ0n) is 9.51. The summed E-state index contributed by atoms with van der Waals surface area (Å²) in [6, 6.07) is 5.36. The highest BCUT2D eigenvalue weighted by Gasteiger charge is 2.38.